The second-order valence-corrected chi connectivity index (χ2v) is 4.39. The third-order valence-electron chi connectivity index (χ3n) is 2.81. The number of hydrogen-bond acceptors (Lipinski definition) is 5. The third-order valence-corrected chi connectivity index (χ3v) is 2.81. The Hall–Kier alpha value is -1.35. The van der Waals surface area contributed by atoms with Crippen molar-refractivity contribution in [1.29, 1.82) is 0 Å². The summed E-state index contributed by atoms with van der Waals surface area (Å²) in [6.45, 7) is 2.64. The normalized spacial score (nSPS) is 30.7. The van der Waals surface area contributed by atoms with E-state index in [1.165, 1.54) is 14.0 Å². The first-order valence-electron chi connectivity index (χ1n) is 5.88. The lowest BCUT2D eigenvalue weighted by atomic mass is 9.99. The van der Waals surface area contributed by atoms with Crippen LogP contribution in [0.2, 0.25) is 0 Å². The number of hydrogen-bond donors (Lipinski definition) is 1. The number of amides is 1. The maximum atomic E-state index is 12.3. The van der Waals surface area contributed by atoms with Crippen molar-refractivity contribution in [3.8, 4) is 0 Å². The molecule has 1 rings (SSSR count). The zero-order valence-electron chi connectivity index (χ0n) is 11.2. The van der Waals surface area contributed by atoms with Gasteiger partial charge in [-0.3, -0.25) is 9.59 Å². The van der Waals surface area contributed by atoms with Crippen molar-refractivity contribution in [2.24, 2.45) is 0 Å². The van der Waals surface area contributed by atoms with E-state index in [0.717, 1.165) is 6.92 Å². The summed E-state index contributed by atoms with van der Waals surface area (Å²) in [7, 11) is 1.33. The summed E-state index contributed by atoms with van der Waals surface area (Å²) < 4.78 is 52.0. The van der Waals surface area contributed by atoms with Crippen LogP contribution in [0, 0.1) is 0 Å². The first kappa shape index (κ1) is 16.7. The Labute approximate surface area is 113 Å². The molecule has 4 atom stereocenters. The number of rotatable bonds is 3. The van der Waals surface area contributed by atoms with Crippen LogP contribution in [0.3, 0.4) is 0 Å². The molecule has 0 aromatic rings. The molecule has 0 saturated carbocycles. The predicted molar refractivity (Wildman–Crippen MR) is 59.5 cm³/mol. The molecule has 1 amide bonds. The molecule has 0 spiro atoms. The molecule has 1 unspecified atom stereocenters. The van der Waals surface area contributed by atoms with Crippen LogP contribution in [0.4, 0.5) is 13.2 Å². The lowest BCUT2D eigenvalue weighted by Crippen LogP contribution is -2.58. The van der Waals surface area contributed by atoms with Crippen LogP contribution in [0.5, 0.6) is 0 Å². The van der Waals surface area contributed by atoms with Gasteiger partial charge in [-0.2, -0.15) is 13.2 Å². The topological polar surface area (TPSA) is 73.9 Å². The largest absolute Gasteiger partial charge is 0.471 e. The second kappa shape index (κ2) is 6.40. The highest BCUT2D eigenvalue weighted by molar-refractivity contribution is 5.82. The maximum Gasteiger partial charge on any atom is 0.471 e. The summed E-state index contributed by atoms with van der Waals surface area (Å²) in [6.07, 6.45) is -7.57. The van der Waals surface area contributed by atoms with Gasteiger partial charge in [-0.05, 0) is 6.92 Å². The fourth-order valence-electron chi connectivity index (χ4n) is 1.95. The van der Waals surface area contributed by atoms with Gasteiger partial charge in [0, 0.05) is 20.5 Å². The van der Waals surface area contributed by atoms with E-state index in [-0.39, 0.29) is 6.42 Å². The monoisotopic (exact) mass is 299 g/mol. The minimum Gasteiger partial charge on any atom is -0.458 e. The van der Waals surface area contributed by atoms with Gasteiger partial charge < -0.3 is 19.5 Å². The van der Waals surface area contributed by atoms with Gasteiger partial charge in [0.25, 0.3) is 0 Å². The first-order chi connectivity index (χ1) is 9.15. The maximum absolute atomic E-state index is 12.3. The van der Waals surface area contributed by atoms with Crippen LogP contribution in [-0.2, 0) is 23.8 Å². The van der Waals surface area contributed by atoms with E-state index in [4.69, 9.17) is 14.2 Å². The minimum atomic E-state index is -5.01. The Morgan fingerprint density at radius 3 is 2.40 bits per heavy atom. The number of nitrogens with one attached hydrogen (secondary N) is 1. The van der Waals surface area contributed by atoms with Crippen LogP contribution in [-0.4, -0.2) is 49.7 Å². The number of alkyl halides is 3. The second-order valence-electron chi connectivity index (χ2n) is 4.39. The molecule has 116 valence electrons. The average Bonchev–Trinajstić information content (AvgIpc) is 2.31. The smallest absolute Gasteiger partial charge is 0.458 e. The molecule has 1 saturated heterocycles. The standard InChI is InChI=1S/C11H16F3NO5/c1-5-9(20-6(2)16)7(4-8(18-3)19-5)15-10(17)11(12,13)14/h5,7-9H,4H2,1-3H3,(H,15,17)/t5-,7?,8+,9+/m0/s1. The van der Waals surface area contributed by atoms with Gasteiger partial charge in [0.05, 0.1) is 12.1 Å². The zero-order chi connectivity index (χ0) is 15.5. The van der Waals surface area contributed by atoms with Crippen molar-refractivity contribution in [2.45, 2.75) is 51.0 Å². The predicted octanol–water partition coefficient (Wildman–Crippen LogP) is 0.746. The number of esters is 1. The molecule has 6 nitrogen and oxygen atoms in total. The molecular weight excluding hydrogens is 283 g/mol. The van der Waals surface area contributed by atoms with Gasteiger partial charge in [0.2, 0.25) is 0 Å². The molecule has 0 bridgehead atoms. The first-order valence-corrected chi connectivity index (χ1v) is 5.88. The van der Waals surface area contributed by atoms with Crippen molar-refractivity contribution >= 4 is 11.9 Å². The van der Waals surface area contributed by atoms with Crippen LogP contribution in [0.25, 0.3) is 0 Å². The van der Waals surface area contributed by atoms with E-state index in [2.05, 4.69) is 0 Å². The van der Waals surface area contributed by atoms with Gasteiger partial charge >= 0.3 is 18.1 Å². The number of ether oxygens (including phenoxy) is 3. The fourth-order valence-corrected chi connectivity index (χ4v) is 1.95. The molecule has 0 aromatic heterocycles. The molecule has 0 radical (unpaired) electrons. The molecule has 0 aliphatic carbocycles. The van der Waals surface area contributed by atoms with E-state index in [1.807, 2.05) is 5.32 Å². The number of carbonyl (C=O) groups is 2. The molecule has 1 fully saturated rings. The van der Waals surface area contributed by atoms with Gasteiger partial charge in [0.15, 0.2) is 6.29 Å². The molecule has 1 aliphatic rings. The summed E-state index contributed by atoms with van der Waals surface area (Å²) in [4.78, 5) is 22.0. The van der Waals surface area contributed by atoms with Crippen molar-refractivity contribution in [1.82, 2.24) is 5.32 Å². The lowest BCUT2D eigenvalue weighted by molar-refractivity contribution is -0.226. The average molecular weight is 299 g/mol. The van der Waals surface area contributed by atoms with E-state index in [9.17, 15) is 22.8 Å². The number of halogens is 3. The fraction of sp³-hybridized carbons (Fsp3) is 0.818. The third kappa shape index (κ3) is 4.34. The number of methoxy groups -OCH3 is 1. The van der Waals surface area contributed by atoms with E-state index in [1.54, 1.807) is 0 Å². The summed E-state index contributed by atoms with van der Waals surface area (Å²) in [6, 6.07) is -1.04. The molecule has 0 aromatic carbocycles. The summed E-state index contributed by atoms with van der Waals surface area (Å²) in [5.74, 6) is -2.77. The van der Waals surface area contributed by atoms with E-state index < -0.39 is 42.6 Å². The minimum absolute atomic E-state index is 0.0550. The SMILES string of the molecule is CO[C@H]1CC(NC(=O)C(F)(F)F)[C@H](OC(C)=O)[C@H](C)O1. The Kier molecular flexibility index (Phi) is 5.35. The van der Waals surface area contributed by atoms with Gasteiger partial charge in [0.1, 0.15) is 6.10 Å². The van der Waals surface area contributed by atoms with Crippen molar-refractivity contribution in [2.75, 3.05) is 7.11 Å². The van der Waals surface area contributed by atoms with Crippen molar-refractivity contribution in [3.05, 3.63) is 0 Å². The Morgan fingerprint density at radius 2 is 1.95 bits per heavy atom. The van der Waals surface area contributed by atoms with Crippen molar-refractivity contribution < 1.29 is 37.0 Å². The highest BCUT2D eigenvalue weighted by Crippen LogP contribution is 2.25. The highest BCUT2D eigenvalue weighted by Gasteiger charge is 2.45. The quantitative estimate of drug-likeness (QED) is 0.778. The van der Waals surface area contributed by atoms with Gasteiger partial charge in [-0.1, -0.05) is 0 Å². The lowest BCUT2D eigenvalue weighted by Gasteiger charge is -2.39. The molecule has 1 aliphatic heterocycles. The Balaban J connectivity index is 2.83. The molecule has 1 heterocycles. The zero-order valence-corrected chi connectivity index (χ0v) is 11.2. The molecule has 9 heteroatoms. The van der Waals surface area contributed by atoms with Crippen LogP contribution >= 0.6 is 0 Å². The summed E-state index contributed by atoms with van der Waals surface area (Å²) >= 11 is 0. The van der Waals surface area contributed by atoms with Gasteiger partial charge in [-0.15, -0.1) is 0 Å². The molecule has 20 heavy (non-hydrogen) atoms. The Morgan fingerprint density at radius 1 is 1.35 bits per heavy atom. The summed E-state index contributed by atoms with van der Waals surface area (Å²) in [5, 5.41) is 1.81. The van der Waals surface area contributed by atoms with Crippen LogP contribution in [0.1, 0.15) is 20.3 Å². The van der Waals surface area contributed by atoms with E-state index in [0.29, 0.717) is 0 Å². The number of carbonyl (C=O) groups excluding carboxylic acids is 2. The van der Waals surface area contributed by atoms with Crippen molar-refractivity contribution in [3.63, 3.8) is 0 Å². The summed E-state index contributed by atoms with van der Waals surface area (Å²) in [5.41, 5.74) is 0. The van der Waals surface area contributed by atoms with Gasteiger partial charge in [-0.25, -0.2) is 0 Å². The Bertz CT molecular complexity index is 374. The molecule has 1 N–H and O–H groups in total. The highest BCUT2D eigenvalue weighted by atomic mass is 19.4. The van der Waals surface area contributed by atoms with Crippen LogP contribution in [0.15, 0.2) is 0 Å². The molecular formula is C11H16F3NO5. The van der Waals surface area contributed by atoms with Crippen LogP contribution < -0.4 is 5.32 Å². The van der Waals surface area contributed by atoms with E-state index >= 15 is 0 Å².